The SMILES string of the molecule is [C-]#[N+]c1c(Oc2ccc3c(c2)OCO3)cccc1Oc1ccc(C(=O)c2ccc(Oc3cccc(Oc4ccc5c(c4)OCO5)c3C#N)cc2)c(O)c1Oc1cccc(Oc2ccc3c(c2)OCO3)c1[N+]#[C-]. The Morgan fingerprint density at radius 3 is 1.35 bits per heavy atom. The van der Waals surface area contributed by atoms with Crippen molar-refractivity contribution in [1.29, 1.82) is 5.26 Å². The monoisotopic (exact) mass is 957 g/mol. The molecule has 3 heterocycles. The molecule has 3 aliphatic heterocycles. The van der Waals surface area contributed by atoms with Crippen LogP contribution in [0.2, 0.25) is 0 Å². The Hall–Kier alpha value is -10.7. The second-order valence-electron chi connectivity index (χ2n) is 15.5. The average Bonchev–Trinajstić information content (AvgIpc) is 4.19. The fraction of sp³-hybridized carbons (Fsp3) is 0.0545. The second kappa shape index (κ2) is 18.8. The van der Waals surface area contributed by atoms with E-state index < -0.39 is 11.5 Å². The van der Waals surface area contributed by atoms with E-state index in [0.717, 1.165) is 0 Å². The van der Waals surface area contributed by atoms with E-state index in [-0.39, 0.29) is 100 Å². The lowest BCUT2D eigenvalue weighted by Gasteiger charge is -2.19. The van der Waals surface area contributed by atoms with Gasteiger partial charge in [-0.1, -0.05) is 18.2 Å². The first-order chi connectivity index (χ1) is 35.3. The Morgan fingerprint density at radius 1 is 0.472 bits per heavy atom. The molecule has 0 spiro atoms. The summed E-state index contributed by atoms with van der Waals surface area (Å²) < 4.78 is 69.7. The molecule has 72 heavy (non-hydrogen) atoms. The number of rotatable bonds is 14. The topological polar surface area (TPSA) is 181 Å². The lowest BCUT2D eigenvalue weighted by molar-refractivity contribution is 0.103. The number of nitrogens with zero attached hydrogens (tertiary/aromatic N) is 3. The summed E-state index contributed by atoms with van der Waals surface area (Å²) in [7, 11) is 0. The number of carbonyl (C=O) groups excluding carboxylic acids is 1. The minimum absolute atomic E-state index is 0.0111. The Morgan fingerprint density at radius 2 is 0.875 bits per heavy atom. The minimum atomic E-state index is -0.647. The summed E-state index contributed by atoms with van der Waals surface area (Å²) in [5, 5.41) is 22.2. The first-order valence-electron chi connectivity index (χ1n) is 21.6. The van der Waals surface area contributed by atoms with Gasteiger partial charge in [-0.3, -0.25) is 4.79 Å². The summed E-state index contributed by atoms with van der Waals surface area (Å²) in [6.07, 6.45) is 0. The number of para-hydroxylation sites is 2. The molecule has 3 aliphatic rings. The largest absolute Gasteiger partial charge is 0.504 e. The maximum atomic E-state index is 14.3. The van der Waals surface area contributed by atoms with Crippen molar-refractivity contribution in [3.8, 4) is 115 Å². The number of benzene rings is 8. The summed E-state index contributed by atoms with van der Waals surface area (Å²) in [6, 6.07) is 40.2. The fourth-order valence-corrected chi connectivity index (χ4v) is 7.65. The Labute approximate surface area is 408 Å². The van der Waals surface area contributed by atoms with Crippen LogP contribution in [0.1, 0.15) is 21.5 Å². The maximum Gasteiger partial charge on any atom is 0.270 e. The summed E-state index contributed by atoms with van der Waals surface area (Å²) in [6.45, 7) is 16.5. The number of hydrogen-bond donors (Lipinski definition) is 1. The zero-order valence-electron chi connectivity index (χ0n) is 37.1. The normalized spacial score (nSPS) is 12.2. The first kappa shape index (κ1) is 43.8. The van der Waals surface area contributed by atoms with Gasteiger partial charge in [0.2, 0.25) is 26.1 Å². The number of phenolic OH excluding ortho intramolecular Hbond substituents is 1. The molecular formula is C55H31N3O14. The quantitative estimate of drug-likeness (QED) is 0.0802. The number of nitriles is 1. The van der Waals surface area contributed by atoms with Crippen molar-refractivity contribution in [2.45, 2.75) is 0 Å². The van der Waals surface area contributed by atoms with Crippen molar-refractivity contribution in [1.82, 2.24) is 0 Å². The molecular weight excluding hydrogens is 927 g/mol. The van der Waals surface area contributed by atoms with Gasteiger partial charge in [0, 0.05) is 23.8 Å². The van der Waals surface area contributed by atoms with Crippen molar-refractivity contribution in [3.63, 3.8) is 0 Å². The molecule has 0 aliphatic carbocycles. The van der Waals surface area contributed by atoms with E-state index in [4.69, 9.17) is 70.0 Å². The number of ketones is 1. The predicted octanol–water partition coefficient (Wildman–Crippen LogP) is 13.5. The van der Waals surface area contributed by atoms with Crippen LogP contribution in [0.4, 0.5) is 11.4 Å². The van der Waals surface area contributed by atoms with Gasteiger partial charge in [-0.2, -0.15) is 5.26 Å². The molecule has 17 nitrogen and oxygen atoms in total. The van der Waals surface area contributed by atoms with Crippen LogP contribution in [-0.2, 0) is 0 Å². The molecule has 0 bridgehead atoms. The van der Waals surface area contributed by atoms with Crippen LogP contribution in [0.3, 0.4) is 0 Å². The highest BCUT2D eigenvalue weighted by atomic mass is 16.7. The Kier molecular flexibility index (Phi) is 11.4. The van der Waals surface area contributed by atoms with Crippen molar-refractivity contribution >= 4 is 17.2 Å². The maximum absolute atomic E-state index is 14.3. The number of ether oxygens (including phenoxy) is 12. The summed E-state index contributed by atoms with van der Waals surface area (Å²) in [5.41, 5.74) is -0.0573. The molecule has 350 valence electrons. The number of phenols is 1. The van der Waals surface area contributed by atoms with E-state index in [9.17, 15) is 15.2 Å². The van der Waals surface area contributed by atoms with Gasteiger partial charge in [-0.25, -0.2) is 9.69 Å². The van der Waals surface area contributed by atoms with Gasteiger partial charge in [0.25, 0.3) is 11.4 Å². The standard InChI is InChI=1S/C55H31N3O14/c1-57-51-43(69-34-17-21-41-49(25-34)65-29-62-41)8-4-10-45(51)71-47-23-19-36(54(60)55(47)72-46-11-5-9-44(52(46)58-2)70-35-18-22-42-50(26-35)66-30-63-42)53(59)31-12-14-32(15-13-31)67-38-6-3-7-39(37(38)27-56)68-33-16-20-40-48(24-33)64-28-61-40/h3-26,60H,28-30H2. The van der Waals surface area contributed by atoms with E-state index in [1.807, 2.05) is 0 Å². The second-order valence-corrected chi connectivity index (χ2v) is 15.5. The van der Waals surface area contributed by atoms with Crippen LogP contribution in [0, 0.1) is 24.5 Å². The van der Waals surface area contributed by atoms with Gasteiger partial charge >= 0.3 is 0 Å². The van der Waals surface area contributed by atoms with Crippen LogP contribution < -0.4 is 56.8 Å². The van der Waals surface area contributed by atoms with E-state index in [1.54, 1.807) is 97.1 Å². The molecule has 17 heteroatoms. The number of carbonyl (C=O) groups is 1. The molecule has 0 fully saturated rings. The molecule has 0 saturated heterocycles. The van der Waals surface area contributed by atoms with Crippen LogP contribution >= 0.6 is 0 Å². The van der Waals surface area contributed by atoms with Crippen LogP contribution in [0.15, 0.2) is 146 Å². The summed E-state index contributed by atoms with van der Waals surface area (Å²) >= 11 is 0. The third-order valence-corrected chi connectivity index (χ3v) is 11.1. The fourth-order valence-electron chi connectivity index (χ4n) is 7.65. The average molecular weight is 958 g/mol. The van der Waals surface area contributed by atoms with E-state index in [1.165, 1.54) is 48.5 Å². The van der Waals surface area contributed by atoms with Gasteiger partial charge in [-0.05, 0) is 109 Å². The molecule has 0 aromatic heterocycles. The number of aromatic hydroxyl groups is 1. The smallest absolute Gasteiger partial charge is 0.270 e. The van der Waals surface area contributed by atoms with Crippen LogP contribution in [0.25, 0.3) is 9.69 Å². The molecule has 11 rings (SSSR count). The Bertz CT molecular complexity index is 3610. The molecule has 8 aromatic rings. The minimum Gasteiger partial charge on any atom is -0.504 e. The lowest BCUT2D eigenvalue weighted by atomic mass is 10.0. The van der Waals surface area contributed by atoms with Crippen molar-refractivity contribution in [2.75, 3.05) is 20.4 Å². The van der Waals surface area contributed by atoms with Gasteiger partial charge in [-0.15, -0.1) is 0 Å². The zero-order valence-corrected chi connectivity index (χ0v) is 37.1. The molecule has 8 aromatic carbocycles. The van der Waals surface area contributed by atoms with Crippen LogP contribution in [-0.4, -0.2) is 31.3 Å². The molecule has 0 unspecified atom stereocenters. The predicted molar refractivity (Wildman–Crippen MR) is 253 cm³/mol. The van der Waals surface area contributed by atoms with Crippen molar-refractivity contribution < 1.29 is 66.7 Å². The van der Waals surface area contributed by atoms with Gasteiger partial charge < -0.3 is 61.9 Å². The van der Waals surface area contributed by atoms with Crippen molar-refractivity contribution in [2.24, 2.45) is 0 Å². The molecule has 0 radical (unpaired) electrons. The molecule has 0 atom stereocenters. The summed E-state index contributed by atoms with van der Waals surface area (Å²) in [5.74, 6) is 3.40. The van der Waals surface area contributed by atoms with Crippen LogP contribution in [0.5, 0.6) is 109 Å². The van der Waals surface area contributed by atoms with E-state index in [2.05, 4.69) is 15.8 Å². The van der Waals surface area contributed by atoms with Gasteiger partial charge in [0.1, 0.15) is 69.1 Å². The van der Waals surface area contributed by atoms with E-state index >= 15 is 0 Å². The van der Waals surface area contributed by atoms with E-state index in [0.29, 0.717) is 51.7 Å². The molecule has 0 saturated carbocycles. The molecule has 1 N–H and O–H groups in total. The number of hydrogen-bond acceptors (Lipinski definition) is 15. The molecule has 0 amide bonds. The highest BCUT2D eigenvalue weighted by Gasteiger charge is 2.27. The third-order valence-electron chi connectivity index (χ3n) is 11.1. The highest BCUT2D eigenvalue weighted by molar-refractivity contribution is 6.11. The van der Waals surface area contributed by atoms with Gasteiger partial charge in [0.15, 0.2) is 51.8 Å². The highest BCUT2D eigenvalue weighted by Crippen LogP contribution is 2.51. The van der Waals surface area contributed by atoms with Gasteiger partial charge in [0.05, 0.1) is 18.7 Å². The third kappa shape index (κ3) is 8.58. The zero-order chi connectivity index (χ0) is 49.1. The van der Waals surface area contributed by atoms with Crippen molar-refractivity contribution in [3.05, 3.63) is 185 Å². The summed E-state index contributed by atoms with van der Waals surface area (Å²) in [4.78, 5) is 21.7. The number of fused-ring (bicyclic) bond motifs is 3. The lowest BCUT2D eigenvalue weighted by Crippen LogP contribution is -2.03. The Balaban J connectivity index is 0.899. The first-order valence-corrected chi connectivity index (χ1v) is 21.6.